The van der Waals surface area contributed by atoms with E-state index in [9.17, 15) is 0 Å². The summed E-state index contributed by atoms with van der Waals surface area (Å²) in [5.41, 5.74) is 5.14. The SMILES string of the molecule is C/C(=C\OC1CCCCC1c1ccccc1)c1ccc(C)cc1. The second kappa shape index (κ2) is 7.50. The van der Waals surface area contributed by atoms with Crippen LogP contribution in [-0.4, -0.2) is 6.10 Å². The highest BCUT2D eigenvalue weighted by Gasteiger charge is 2.27. The molecule has 120 valence electrons. The van der Waals surface area contributed by atoms with Crippen LogP contribution in [0.4, 0.5) is 0 Å². The van der Waals surface area contributed by atoms with E-state index in [1.165, 1.54) is 41.5 Å². The third-order valence-corrected chi connectivity index (χ3v) is 4.86. The Morgan fingerprint density at radius 2 is 1.65 bits per heavy atom. The highest BCUT2D eigenvalue weighted by atomic mass is 16.5. The molecule has 0 aliphatic heterocycles. The molecule has 0 saturated heterocycles. The fourth-order valence-electron chi connectivity index (χ4n) is 3.42. The Balaban J connectivity index is 1.72. The zero-order valence-electron chi connectivity index (χ0n) is 14.2. The van der Waals surface area contributed by atoms with E-state index in [0.717, 1.165) is 6.42 Å². The molecular weight excluding hydrogens is 280 g/mol. The summed E-state index contributed by atoms with van der Waals surface area (Å²) in [6.07, 6.45) is 7.22. The highest BCUT2D eigenvalue weighted by molar-refractivity contribution is 5.62. The Kier molecular flexibility index (Phi) is 5.17. The molecule has 0 aromatic heterocycles. The Labute approximate surface area is 140 Å². The van der Waals surface area contributed by atoms with Gasteiger partial charge in [-0.05, 0) is 49.8 Å². The van der Waals surface area contributed by atoms with Crippen LogP contribution in [0.15, 0.2) is 60.9 Å². The molecule has 2 aromatic rings. The molecule has 1 aliphatic rings. The Hall–Kier alpha value is -2.02. The maximum Gasteiger partial charge on any atom is 0.105 e. The summed E-state index contributed by atoms with van der Waals surface area (Å²) in [6, 6.07) is 19.5. The fraction of sp³-hybridized carbons (Fsp3) is 0.364. The van der Waals surface area contributed by atoms with E-state index in [1.807, 2.05) is 6.26 Å². The minimum Gasteiger partial charge on any atom is -0.497 e. The number of benzene rings is 2. The molecule has 2 aromatic carbocycles. The molecule has 0 spiro atoms. The topological polar surface area (TPSA) is 9.23 Å². The third-order valence-electron chi connectivity index (χ3n) is 4.86. The lowest BCUT2D eigenvalue weighted by molar-refractivity contribution is 0.0855. The molecule has 1 saturated carbocycles. The first-order valence-electron chi connectivity index (χ1n) is 8.68. The molecule has 0 bridgehead atoms. The van der Waals surface area contributed by atoms with Crippen molar-refractivity contribution in [1.82, 2.24) is 0 Å². The average molecular weight is 306 g/mol. The first kappa shape index (κ1) is 15.9. The number of hydrogen-bond acceptors (Lipinski definition) is 1. The van der Waals surface area contributed by atoms with Crippen molar-refractivity contribution in [2.45, 2.75) is 51.6 Å². The third kappa shape index (κ3) is 4.04. The van der Waals surface area contributed by atoms with Crippen LogP contribution in [0.5, 0.6) is 0 Å². The normalized spacial score (nSPS) is 21.9. The molecule has 2 unspecified atom stereocenters. The van der Waals surface area contributed by atoms with Gasteiger partial charge in [-0.1, -0.05) is 66.6 Å². The van der Waals surface area contributed by atoms with Gasteiger partial charge in [-0.15, -0.1) is 0 Å². The molecule has 1 fully saturated rings. The average Bonchev–Trinajstić information content (AvgIpc) is 2.61. The molecule has 0 N–H and O–H groups in total. The molecule has 0 amide bonds. The first-order chi connectivity index (χ1) is 11.2. The largest absolute Gasteiger partial charge is 0.497 e. The summed E-state index contributed by atoms with van der Waals surface area (Å²) in [6.45, 7) is 4.25. The molecule has 1 aliphatic carbocycles. The number of allylic oxidation sites excluding steroid dienone is 1. The zero-order chi connectivity index (χ0) is 16.1. The maximum atomic E-state index is 6.23. The molecule has 2 atom stereocenters. The van der Waals surface area contributed by atoms with Crippen LogP contribution in [0, 0.1) is 6.92 Å². The molecule has 1 nitrogen and oxygen atoms in total. The minimum atomic E-state index is 0.298. The van der Waals surface area contributed by atoms with E-state index in [4.69, 9.17) is 4.74 Å². The van der Waals surface area contributed by atoms with Crippen LogP contribution in [0.3, 0.4) is 0 Å². The Morgan fingerprint density at radius 1 is 0.957 bits per heavy atom. The minimum absolute atomic E-state index is 0.298. The Bertz CT molecular complexity index is 639. The van der Waals surface area contributed by atoms with E-state index in [-0.39, 0.29) is 0 Å². The second-order valence-electron chi connectivity index (χ2n) is 6.64. The van der Waals surface area contributed by atoms with Gasteiger partial charge in [-0.3, -0.25) is 0 Å². The highest BCUT2D eigenvalue weighted by Crippen LogP contribution is 2.35. The van der Waals surface area contributed by atoms with Crippen molar-refractivity contribution in [3.63, 3.8) is 0 Å². The smallest absolute Gasteiger partial charge is 0.105 e. The van der Waals surface area contributed by atoms with Crippen molar-refractivity contribution in [2.75, 3.05) is 0 Å². The van der Waals surface area contributed by atoms with Crippen molar-refractivity contribution in [3.8, 4) is 0 Å². The van der Waals surface area contributed by atoms with Crippen LogP contribution in [0.25, 0.3) is 5.57 Å². The molecule has 0 radical (unpaired) electrons. The van der Waals surface area contributed by atoms with Crippen molar-refractivity contribution >= 4 is 5.57 Å². The lowest BCUT2D eigenvalue weighted by Crippen LogP contribution is -2.24. The van der Waals surface area contributed by atoms with Gasteiger partial charge in [0.15, 0.2) is 0 Å². The molecular formula is C22H26O. The van der Waals surface area contributed by atoms with Gasteiger partial charge < -0.3 is 4.74 Å². The number of aryl methyl sites for hydroxylation is 1. The van der Waals surface area contributed by atoms with Crippen LogP contribution in [0.1, 0.15) is 55.2 Å². The van der Waals surface area contributed by atoms with Gasteiger partial charge in [0, 0.05) is 5.92 Å². The summed E-state index contributed by atoms with van der Waals surface area (Å²) < 4.78 is 6.23. The first-order valence-corrected chi connectivity index (χ1v) is 8.68. The van der Waals surface area contributed by atoms with E-state index in [1.54, 1.807) is 0 Å². The summed E-state index contributed by atoms with van der Waals surface area (Å²) in [5, 5.41) is 0. The monoisotopic (exact) mass is 306 g/mol. The van der Waals surface area contributed by atoms with Crippen molar-refractivity contribution in [1.29, 1.82) is 0 Å². The molecule has 1 heteroatoms. The van der Waals surface area contributed by atoms with Gasteiger partial charge in [0.2, 0.25) is 0 Å². The van der Waals surface area contributed by atoms with Gasteiger partial charge in [0.25, 0.3) is 0 Å². The van der Waals surface area contributed by atoms with Crippen LogP contribution in [-0.2, 0) is 4.74 Å². The quantitative estimate of drug-likeness (QED) is 0.620. The van der Waals surface area contributed by atoms with E-state index in [2.05, 4.69) is 68.4 Å². The molecule has 0 heterocycles. The molecule has 23 heavy (non-hydrogen) atoms. The van der Waals surface area contributed by atoms with Crippen LogP contribution < -0.4 is 0 Å². The van der Waals surface area contributed by atoms with Crippen molar-refractivity contribution in [3.05, 3.63) is 77.5 Å². The van der Waals surface area contributed by atoms with Crippen molar-refractivity contribution in [2.24, 2.45) is 0 Å². The fourth-order valence-corrected chi connectivity index (χ4v) is 3.42. The predicted molar refractivity (Wildman–Crippen MR) is 97.4 cm³/mol. The zero-order valence-corrected chi connectivity index (χ0v) is 14.2. The predicted octanol–water partition coefficient (Wildman–Crippen LogP) is 6.10. The number of hydrogen-bond donors (Lipinski definition) is 0. The summed E-state index contributed by atoms with van der Waals surface area (Å²) in [5.74, 6) is 0.520. The van der Waals surface area contributed by atoms with Gasteiger partial charge in [0.05, 0.1) is 6.26 Å². The van der Waals surface area contributed by atoms with Gasteiger partial charge >= 0.3 is 0 Å². The van der Waals surface area contributed by atoms with Gasteiger partial charge in [0.1, 0.15) is 6.10 Å². The Morgan fingerprint density at radius 3 is 2.39 bits per heavy atom. The van der Waals surface area contributed by atoms with E-state index < -0.39 is 0 Å². The lowest BCUT2D eigenvalue weighted by Gasteiger charge is -2.31. The van der Waals surface area contributed by atoms with Crippen LogP contribution >= 0.6 is 0 Å². The second-order valence-corrected chi connectivity index (χ2v) is 6.64. The summed E-state index contributed by atoms with van der Waals surface area (Å²) >= 11 is 0. The van der Waals surface area contributed by atoms with Gasteiger partial charge in [-0.2, -0.15) is 0 Å². The molecule has 3 rings (SSSR count). The summed E-state index contributed by atoms with van der Waals surface area (Å²) in [7, 11) is 0. The standard InChI is InChI=1S/C22H26O/c1-17-12-14-19(15-13-17)18(2)16-23-22-11-7-6-10-21(22)20-8-4-3-5-9-20/h3-5,8-9,12-16,21-22H,6-7,10-11H2,1-2H3/b18-16+. The number of ether oxygens (including phenoxy) is 1. The van der Waals surface area contributed by atoms with Gasteiger partial charge in [-0.25, -0.2) is 0 Å². The van der Waals surface area contributed by atoms with E-state index >= 15 is 0 Å². The maximum absolute atomic E-state index is 6.23. The van der Waals surface area contributed by atoms with E-state index in [0.29, 0.717) is 12.0 Å². The van der Waals surface area contributed by atoms with Crippen molar-refractivity contribution < 1.29 is 4.74 Å². The number of rotatable bonds is 4. The lowest BCUT2D eigenvalue weighted by atomic mass is 9.81. The van der Waals surface area contributed by atoms with Crippen LogP contribution in [0.2, 0.25) is 0 Å². The summed E-state index contributed by atoms with van der Waals surface area (Å²) in [4.78, 5) is 0.